The largest absolute Gasteiger partial charge is 0.379 e. The summed E-state index contributed by atoms with van der Waals surface area (Å²) < 4.78 is 5.03. The van der Waals surface area contributed by atoms with Gasteiger partial charge in [0.2, 0.25) is 0 Å². The van der Waals surface area contributed by atoms with Crippen LogP contribution < -0.4 is 5.48 Å². The number of hydroxylamine groups is 1. The quantitative estimate of drug-likeness (QED) is 0.480. The van der Waals surface area contributed by atoms with Gasteiger partial charge in [-0.3, -0.25) is 0 Å². The first-order chi connectivity index (χ1) is 3.77. The zero-order valence-electron chi connectivity index (χ0n) is 4.98. The summed E-state index contributed by atoms with van der Waals surface area (Å²) in [5.41, 5.74) is 2.03. The van der Waals surface area contributed by atoms with Crippen LogP contribution in [0.3, 0.4) is 0 Å². The molecule has 0 aromatic heterocycles. The van der Waals surface area contributed by atoms with Crippen molar-refractivity contribution in [2.24, 2.45) is 0 Å². The van der Waals surface area contributed by atoms with Crippen LogP contribution >= 0.6 is 0 Å². The Hall–Kier alpha value is -0.120. The second-order valence-electron chi connectivity index (χ2n) is 2.48. The van der Waals surface area contributed by atoms with E-state index in [0.29, 0.717) is 6.61 Å². The van der Waals surface area contributed by atoms with E-state index in [1.54, 1.807) is 0 Å². The zero-order valence-corrected chi connectivity index (χ0v) is 4.98. The molecular weight excluding hydrogens is 106 g/mol. The topological polar surface area (TPSA) is 41.5 Å². The molecule has 3 nitrogen and oxygen atoms in total. The number of hydrogen-bond acceptors (Lipinski definition) is 3. The maximum Gasteiger partial charge on any atom is 0.0668 e. The summed E-state index contributed by atoms with van der Waals surface area (Å²) in [4.78, 5) is 0. The van der Waals surface area contributed by atoms with Gasteiger partial charge in [0.1, 0.15) is 0 Å². The van der Waals surface area contributed by atoms with Crippen molar-refractivity contribution in [1.29, 1.82) is 0 Å². The zero-order chi connectivity index (χ0) is 6.04. The highest BCUT2D eigenvalue weighted by molar-refractivity contribution is 4.82. The molecule has 1 fully saturated rings. The van der Waals surface area contributed by atoms with Crippen LogP contribution in [0.1, 0.15) is 13.3 Å². The molecule has 2 N–H and O–H groups in total. The molecular formula is C5H11NO2. The van der Waals surface area contributed by atoms with Gasteiger partial charge in [-0.1, -0.05) is 0 Å². The molecule has 1 aliphatic rings. The Labute approximate surface area is 48.6 Å². The first kappa shape index (κ1) is 6.01. The van der Waals surface area contributed by atoms with Crippen molar-refractivity contribution in [1.82, 2.24) is 5.48 Å². The molecule has 8 heavy (non-hydrogen) atoms. The Morgan fingerprint density at radius 2 is 2.50 bits per heavy atom. The van der Waals surface area contributed by atoms with E-state index in [4.69, 9.17) is 9.94 Å². The Kier molecular flexibility index (Phi) is 1.51. The lowest BCUT2D eigenvalue weighted by Gasteiger charge is -2.17. The van der Waals surface area contributed by atoms with Gasteiger partial charge >= 0.3 is 0 Å². The third-order valence-corrected chi connectivity index (χ3v) is 1.49. The molecule has 1 heterocycles. The van der Waals surface area contributed by atoms with Crippen LogP contribution in [-0.2, 0) is 4.74 Å². The Morgan fingerprint density at radius 1 is 1.75 bits per heavy atom. The number of rotatable bonds is 1. The van der Waals surface area contributed by atoms with Crippen molar-refractivity contribution in [2.45, 2.75) is 18.9 Å². The van der Waals surface area contributed by atoms with Crippen LogP contribution in [0, 0.1) is 0 Å². The minimum atomic E-state index is -0.181. The van der Waals surface area contributed by atoms with Gasteiger partial charge in [0.25, 0.3) is 0 Å². The Morgan fingerprint density at radius 3 is 2.75 bits per heavy atom. The average molecular weight is 117 g/mol. The lowest BCUT2D eigenvalue weighted by atomic mass is 10.0. The van der Waals surface area contributed by atoms with Gasteiger partial charge in [0.05, 0.1) is 12.1 Å². The molecule has 0 amide bonds. The predicted molar refractivity (Wildman–Crippen MR) is 28.8 cm³/mol. The highest BCUT2D eigenvalue weighted by Gasteiger charge is 2.28. The van der Waals surface area contributed by atoms with E-state index < -0.39 is 0 Å². The first-order valence-corrected chi connectivity index (χ1v) is 2.76. The summed E-state index contributed by atoms with van der Waals surface area (Å²) in [7, 11) is 0. The predicted octanol–water partition coefficient (Wildman–Crippen LogP) is 0.144. The SMILES string of the molecule is CC1(NO)CCOC1. The van der Waals surface area contributed by atoms with E-state index in [-0.39, 0.29) is 5.54 Å². The van der Waals surface area contributed by atoms with Crippen molar-refractivity contribution >= 4 is 0 Å². The second kappa shape index (κ2) is 2.01. The third-order valence-electron chi connectivity index (χ3n) is 1.49. The summed E-state index contributed by atoms with van der Waals surface area (Å²) in [6, 6.07) is 0. The molecule has 0 saturated carbocycles. The fraction of sp³-hybridized carbons (Fsp3) is 1.00. The molecule has 1 aliphatic heterocycles. The van der Waals surface area contributed by atoms with Crippen LogP contribution in [0.4, 0.5) is 0 Å². The van der Waals surface area contributed by atoms with Gasteiger partial charge in [0.15, 0.2) is 0 Å². The standard InChI is InChI=1S/C5H11NO2/c1-5(6-7)2-3-8-4-5/h6-7H,2-4H2,1H3. The summed E-state index contributed by atoms with van der Waals surface area (Å²) in [5, 5.41) is 8.50. The van der Waals surface area contributed by atoms with Crippen molar-refractivity contribution < 1.29 is 9.94 Å². The maximum absolute atomic E-state index is 8.50. The molecule has 0 spiro atoms. The fourth-order valence-electron chi connectivity index (χ4n) is 0.755. The summed E-state index contributed by atoms with van der Waals surface area (Å²) in [6.07, 6.45) is 0.892. The smallest absolute Gasteiger partial charge is 0.0668 e. The van der Waals surface area contributed by atoms with Gasteiger partial charge in [-0.15, -0.1) is 0 Å². The van der Waals surface area contributed by atoms with Crippen molar-refractivity contribution in [3.8, 4) is 0 Å². The monoisotopic (exact) mass is 117 g/mol. The first-order valence-electron chi connectivity index (χ1n) is 2.76. The van der Waals surface area contributed by atoms with Gasteiger partial charge in [-0.05, 0) is 13.3 Å². The Bertz CT molecular complexity index is 78.5. The van der Waals surface area contributed by atoms with Crippen LogP contribution in [0.2, 0.25) is 0 Å². The van der Waals surface area contributed by atoms with Gasteiger partial charge in [-0.2, -0.15) is 5.48 Å². The van der Waals surface area contributed by atoms with E-state index in [2.05, 4.69) is 5.48 Å². The minimum absolute atomic E-state index is 0.181. The molecule has 1 rings (SSSR count). The lowest BCUT2D eigenvalue weighted by Crippen LogP contribution is -2.40. The van der Waals surface area contributed by atoms with E-state index in [0.717, 1.165) is 13.0 Å². The number of hydrogen-bond donors (Lipinski definition) is 2. The molecule has 0 bridgehead atoms. The molecule has 3 heteroatoms. The van der Waals surface area contributed by atoms with Crippen molar-refractivity contribution in [3.05, 3.63) is 0 Å². The van der Waals surface area contributed by atoms with Crippen LogP contribution in [0.5, 0.6) is 0 Å². The summed E-state index contributed by atoms with van der Waals surface area (Å²) in [5.74, 6) is 0. The average Bonchev–Trinajstić information content (AvgIpc) is 2.17. The Balaban J connectivity index is 2.40. The van der Waals surface area contributed by atoms with Crippen LogP contribution in [0.25, 0.3) is 0 Å². The summed E-state index contributed by atoms with van der Waals surface area (Å²) in [6.45, 7) is 3.30. The molecule has 0 aromatic carbocycles. The highest BCUT2D eigenvalue weighted by Crippen LogP contribution is 2.15. The van der Waals surface area contributed by atoms with E-state index in [1.807, 2.05) is 6.92 Å². The van der Waals surface area contributed by atoms with Crippen LogP contribution in [-0.4, -0.2) is 24.0 Å². The molecule has 48 valence electrons. The third kappa shape index (κ3) is 0.992. The minimum Gasteiger partial charge on any atom is -0.379 e. The molecule has 1 unspecified atom stereocenters. The maximum atomic E-state index is 8.50. The summed E-state index contributed by atoms with van der Waals surface area (Å²) >= 11 is 0. The normalized spacial score (nSPS) is 38.2. The molecule has 0 radical (unpaired) electrons. The lowest BCUT2D eigenvalue weighted by molar-refractivity contribution is 0.0596. The van der Waals surface area contributed by atoms with E-state index in [9.17, 15) is 0 Å². The molecule has 1 atom stereocenters. The second-order valence-corrected chi connectivity index (χ2v) is 2.48. The van der Waals surface area contributed by atoms with E-state index in [1.165, 1.54) is 0 Å². The highest BCUT2D eigenvalue weighted by atomic mass is 16.5. The van der Waals surface area contributed by atoms with Gasteiger partial charge in [0, 0.05) is 6.61 Å². The molecule has 1 saturated heterocycles. The molecule has 0 aliphatic carbocycles. The van der Waals surface area contributed by atoms with E-state index >= 15 is 0 Å². The van der Waals surface area contributed by atoms with Crippen LogP contribution in [0.15, 0.2) is 0 Å². The number of ether oxygens (including phenoxy) is 1. The van der Waals surface area contributed by atoms with Gasteiger partial charge < -0.3 is 9.94 Å². The van der Waals surface area contributed by atoms with Gasteiger partial charge in [-0.25, -0.2) is 0 Å². The van der Waals surface area contributed by atoms with Crippen molar-refractivity contribution in [2.75, 3.05) is 13.2 Å². The fourth-order valence-corrected chi connectivity index (χ4v) is 0.755. The molecule has 0 aromatic rings. The number of nitrogens with one attached hydrogen (secondary N) is 1. The van der Waals surface area contributed by atoms with Crippen molar-refractivity contribution in [3.63, 3.8) is 0 Å².